The summed E-state index contributed by atoms with van der Waals surface area (Å²) >= 11 is 0. The predicted octanol–water partition coefficient (Wildman–Crippen LogP) is 5.41. The fourth-order valence-electron chi connectivity index (χ4n) is 4.16. The zero-order valence-corrected chi connectivity index (χ0v) is 15.9. The van der Waals surface area contributed by atoms with E-state index < -0.39 is 0 Å². The summed E-state index contributed by atoms with van der Waals surface area (Å²) in [6.45, 7) is 10.1. The second-order valence-electron chi connectivity index (χ2n) is 8.84. The molecule has 1 aliphatic carbocycles. The van der Waals surface area contributed by atoms with Gasteiger partial charge in [0, 0.05) is 0 Å². The minimum Gasteiger partial charge on any atom is -0.493 e. The summed E-state index contributed by atoms with van der Waals surface area (Å²) in [6.07, 6.45) is 9.35. The molecule has 0 amide bonds. The minimum absolute atomic E-state index is 0.198. The molecule has 1 aromatic carbocycles. The quantitative estimate of drug-likeness (QED) is 0.797. The van der Waals surface area contributed by atoms with Gasteiger partial charge in [-0.05, 0) is 73.2 Å². The van der Waals surface area contributed by atoms with Crippen molar-refractivity contribution in [3.8, 4) is 5.75 Å². The van der Waals surface area contributed by atoms with E-state index in [9.17, 15) is 0 Å². The molecule has 2 fully saturated rings. The zero-order valence-electron chi connectivity index (χ0n) is 15.9. The summed E-state index contributed by atoms with van der Waals surface area (Å²) in [6, 6.07) is 6.97. The Morgan fingerprint density at radius 1 is 1.00 bits per heavy atom. The van der Waals surface area contributed by atoms with Crippen LogP contribution in [0.5, 0.6) is 5.75 Å². The molecule has 2 heteroatoms. The topological polar surface area (TPSA) is 21.3 Å². The highest BCUT2D eigenvalue weighted by Gasteiger charge is 2.23. The van der Waals surface area contributed by atoms with Gasteiger partial charge in [0.05, 0.1) is 6.61 Å². The molecule has 1 aromatic rings. The highest BCUT2D eigenvalue weighted by molar-refractivity contribution is 5.42. The molecular formula is C22H35NO. The van der Waals surface area contributed by atoms with Gasteiger partial charge in [0.2, 0.25) is 0 Å². The number of rotatable bonds is 4. The minimum atomic E-state index is 0.198. The van der Waals surface area contributed by atoms with E-state index >= 15 is 0 Å². The molecule has 2 aliphatic rings. The van der Waals surface area contributed by atoms with Crippen LogP contribution in [0.3, 0.4) is 0 Å². The lowest BCUT2D eigenvalue weighted by atomic mass is 9.82. The zero-order chi connectivity index (χ0) is 17.0. The van der Waals surface area contributed by atoms with Crippen molar-refractivity contribution in [3.05, 3.63) is 29.3 Å². The fourth-order valence-corrected chi connectivity index (χ4v) is 4.16. The Bertz CT molecular complexity index is 519. The van der Waals surface area contributed by atoms with Crippen molar-refractivity contribution in [1.29, 1.82) is 0 Å². The molecule has 24 heavy (non-hydrogen) atoms. The van der Waals surface area contributed by atoms with Gasteiger partial charge in [-0.25, -0.2) is 0 Å². The lowest BCUT2D eigenvalue weighted by molar-refractivity contribution is 0.206. The molecule has 1 saturated heterocycles. The van der Waals surface area contributed by atoms with Crippen LogP contribution in [0, 0.1) is 5.92 Å². The Balaban J connectivity index is 1.77. The van der Waals surface area contributed by atoms with Crippen molar-refractivity contribution in [2.45, 2.75) is 77.0 Å². The van der Waals surface area contributed by atoms with Crippen LogP contribution >= 0.6 is 0 Å². The average Bonchev–Trinajstić information content (AvgIpc) is 2.61. The third-order valence-electron chi connectivity index (χ3n) is 5.85. The van der Waals surface area contributed by atoms with Gasteiger partial charge in [-0.15, -0.1) is 0 Å². The van der Waals surface area contributed by atoms with E-state index in [4.69, 9.17) is 4.74 Å². The summed E-state index contributed by atoms with van der Waals surface area (Å²) in [7, 11) is 0. The standard InChI is InChI=1S/C22H35NO/c1-22(2,3)19-9-10-21(24-16-17-7-5-4-6-8-17)20(15-19)18-11-13-23-14-12-18/h9-10,15,17-18,23H,4-8,11-14,16H2,1-3H3. The highest BCUT2D eigenvalue weighted by Crippen LogP contribution is 2.37. The first-order valence-corrected chi connectivity index (χ1v) is 10.0. The first kappa shape index (κ1) is 17.8. The number of nitrogens with one attached hydrogen (secondary N) is 1. The monoisotopic (exact) mass is 329 g/mol. The van der Waals surface area contributed by atoms with E-state index in [2.05, 4.69) is 44.3 Å². The molecule has 1 aliphatic heterocycles. The maximum Gasteiger partial charge on any atom is 0.122 e. The molecule has 0 atom stereocenters. The Morgan fingerprint density at radius 3 is 2.38 bits per heavy atom. The summed E-state index contributed by atoms with van der Waals surface area (Å²) < 4.78 is 6.38. The third-order valence-corrected chi connectivity index (χ3v) is 5.85. The number of hydrogen-bond acceptors (Lipinski definition) is 2. The van der Waals surface area contributed by atoms with Gasteiger partial charge in [0.25, 0.3) is 0 Å². The van der Waals surface area contributed by atoms with Crippen molar-refractivity contribution in [2.75, 3.05) is 19.7 Å². The van der Waals surface area contributed by atoms with Crippen LogP contribution < -0.4 is 10.1 Å². The first-order chi connectivity index (χ1) is 11.5. The molecule has 134 valence electrons. The van der Waals surface area contributed by atoms with E-state index in [0.717, 1.165) is 31.4 Å². The Kier molecular flexibility index (Phi) is 5.86. The van der Waals surface area contributed by atoms with Crippen molar-refractivity contribution in [3.63, 3.8) is 0 Å². The van der Waals surface area contributed by atoms with E-state index in [1.807, 2.05) is 0 Å². The molecule has 0 spiro atoms. The molecule has 1 saturated carbocycles. The van der Waals surface area contributed by atoms with E-state index in [1.54, 1.807) is 0 Å². The Morgan fingerprint density at radius 2 is 1.71 bits per heavy atom. The second kappa shape index (κ2) is 7.91. The largest absolute Gasteiger partial charge is 0.493 e. The maximum atomic E-state index is 6.38. The molecule has 1 N–H and O–H groups in total. The molecule has 1 heterocycles. The molecule has 0 radical (unpaired) electrons. The van der Waals surface area contributed by atoms with E-state index in [0.29, 0.717) is 5.92 Å². The van der Waals surface area contributed by atoms with Crippen molar-refractivity contribution >= 4 is 0 Å². The lowest BCUT2D eigenvalue weighted by Crippen LogP contribution is -2.27. The lowest BCUT2D eigenvalue weighted by Gasteiger charge is -2.29. The summed E-state index contributed by atoms with van der Waals surface area (Å²) in [4.78, 5) is 0. The first-order valence-electron chi connectivity index (χ1n) is 10.0. The molecule has 0 aromatic heterocycles. The maximum absolute atomic E-state index is 6.38. The van der Waals surface area contributed by atoms with Gasteiger partial charge >= 0.3 is 0 Å². The van der Waals surface area contributed by atoms with Gasteiger partial charge in [-0.2, -0.15) is 0 Å². The number of ether oxygens (including phenoxy) is 1. The van der Waals surface area contributed by atoms with Crippen LogP contribution in [0.1, 0.15) is 82.8 Å². The summed E-state index contributed by atoms with van der Waals surface area (Å²) in [5.41, 5.74) is 3.09. The fraction of sp³-hybridized carbons (Fsp3) is 0.727. The van der Waals surface area contributed by atoms with Crippen molar-refractivity contribution in [2.24, 2.45) is 5.92 Å². The van der Waals surface area contributed by atoms with Crippen LogP contribution in [-0.2, 0) is 5.41 Å². The van der Waals surface area contributed by atoms with Crippen LogP contribution in [0.2, 0.25) is 0 Å². The van der Waals surface area contributed by atoms with Crippen molar-refractivity contribution in [1.82, 2.24) is 5.32 Å². The Labute approximate surface area is 148 Å². The van der Waals surface area contributed by atoms with Crippen molar-refractivity contribution < 1.29 is 4.74 Å². The molecule has 2 nitrogen and oxygen atoms in total. The Hall–Kier alpha value is -1.02. The second-order valence-corrected chi connectivity index (χ2v) is 8.84. The smallest absolute Gasteiger partial charge is 0.122 e. The van der Waals surface area contributed by atoms with Gasteiger partial charge in [0.15, 0.2) is 0 Å². The molecule has 0 bridgehead atoms. The number of piperidine rings is 1. The SMILES string of the molecule is CC(C)(C)c1ccc(OCC2CCCCC2)c(C2CCNCC2)c1. The van der Waals surface area contributed by atoms with Crippen LogP contribution in [0.25, 0.3) is 0 Å². The molecular weight excluding hydrogens is 294 g/mol. The van der Waals surface area contributed by atoms with Crippen LogP contribution in [0.15, 0.2) is 18.2 Å². The van der Waals surface area contributed by atoms with Gasteiger partial charge in [-0.1, -0.05) is 52.2 Å². The third kappa shape index (κ3) is 4.53. The van der Waals surface area contributed by atoms with Gasteiger partial charge in [0.1, 0.15) is 5.75 Å². The van der Waals surface area contributed by atoms with Gasteiger partial charge < -0.3 is 10.1 Å². The van der Waals surface area contributed by atoms with E-state index in [-0.39, 0.29) is 5.41 Å². The average molecular weight is 330 g/mol. The normalized spacial score (nSPS) is 21.0. The van der Waals surface area contributed by atoms with Gasteiger partial charge in [-0.3, -0.25) is 0 Å². The summed E-state index contributed by atoms with van der Waals surface area (Å²) in [5, 5.41) is 3.49. The molecule has 3 rings (SSSR count). The predicted molar refractivity (Wildman–Crippen MR) is 102 cm³/mol. The van der Waals surface area contributed by atoms with Crippen LogP contribution in [-0.4, -0.2) is 19.7 Å². The number of benzene rings is 1. The number of hydrogen-bond donors (Lipinski definition) is 1. The van der Waals surface area contributed by atoms with E-state index in [1.165, 1.54) is 56.1 Å². The molecule has 0 unspecified atom stereocenters. The summed E-state index contributed by atoms with van der Waals surface area (Å²) in [5.74, 6) is 2.57. The van der Waals surface area contributed by atoms with Crippen LogP contribution in [0.4, 0.5) is 0 Å². The highest BCUT2D eigenvalue weighted by atomic mass is 16.5.